The van der Waals surface area contributed by atoms with Crippen molar-refractivity contribution in [1.29, 1.82) is 0 Å². The van der Waals surface area contributed by atoms with Crippen LogP contribution in [0, 0.1) is 0 Å². The minimum absolute atomic E-state index is 1.06. The first-order valence-corrected chi connectivity index (χ1v) is 5.09. The lowest BCUT2D eigenvalue weighted by molar-refractivity contribution is 0.313. The molecule has 0 bridgehead atoms. The molecule has 0 saturated carbocycles. The molecular formula is C11H19N3. The van der Waals surface area contributed by atoms with Crippen LogP contribution in [-0.2, 0) is 0 Å². The highest BCUT2D eigenvalue weighted by molar-refractivity contribution is 5.78. The second kappa shape index (κ2) is 6.38. The van der Waals surface area contributed by atoms with E-state index in [2.05, 4.69) is 27.4 Å². The van der Waals surface area contributed by atoms with Crippen molar-refractivity contribution >= 4 is 6.21 Å². The number of aliphatic imine (C=N–C) groups is 1. The SMILES string of the molecule is C/C=C/C=C(\C=NC)N1CCNCC1. The summed E-state index contributed by atoms with van der Waals surface area (Å²) in [5.41, 5.74) is 1.20. The molecule has 0 atom stereocenters. The highest BCUT2D eigenvalue weighted by atomic mass is 15.2. The molecule has 0 amide bonds. The second-order valence-electron chi connectivity index (χ2n) is 3.24. The summed E-state index contributed by atoms with van der Waals surface area (Å²) in [4.78, 5) is 6.43. The van der Waals surface area contributed by atoms with Crippen LogP contribution in [0.1, 0.15) is 6.92 Å². The predicted octanol–water partition coefficient (Wildman–Crippen LogP) is 1.05. The largest absolute Gasteiger partial charge is 0.368 e. The molecule has 14 heavy (non-hydrogen) atoms. The number of piperazine rings is 1. The minimum atomic E-state index is 1.06. The fraction of sp³-hybridized carbons (Fsp3) is 0.545. The molecule has 0 spiro atoms. The predicted molar refractivity (Wildman–Crippen MR) is 61.8 cm³/mol. The number of rotatable bonds is 3. The molecule has 1 aliphatic rings. The molecule has 1 aliphatic heterocycles. The molecule has 1 fully saturated rings. The Kier molecular flexibility index (Phi) is 5.00. The van der Waals surface area contributed by atoms with Gasteiger partial charge in [0.1, 0.15) is 0 Å². The van der Waals surface area contributed by atoms with Crippen molar-refractivity contribution < 1.29 is 0 Å². The summed E-state index contributed by atoms with van der Waals surface area (Å²) in [5.74, 6) is 0. The van der Waals surface area contributed by atoms with E-state index in [0.29, 0.717) is 0 Å². The van der Waals surface area contributed by atoms with Gasteiger partial charge in [-0.25, -0.2) is 0 Å². The fourth-order valence-corrected chi connectivity index (χ4v) is 1.48. The molecule has 1 rings (SSSR count). The summed E-state index contributed by atoms with van der Waals surface area (Å²) in [6, 6.07) is 0. The first kappa shape index (κ1) is 11.0. The van der Waals surface area contributed by atoms with E-state index in [9.17, 15) is 0 Å². The van der Waals surface area contributed by atoms with Gasteiger partial charge in [0.2, 0.25) is 0 Å². The van der Waals surface area contributed by atoms with E-state index in [0.717, 1.165) is 26.2 Å². The third-order valence-corrected chi connectivity index (χ3v) is 2.20. The Bertz CT molecular complexity index is 235. The lowest BCUT2D eigenvalue weighted by Crippen LogP contribution is -2.43. The van der Waals surface area contributed by atoms with Crippen LogP contribution in [0.3, 0.4) is 0 Å². The van der Waals surface area contributed by atoms with Crippen molar-refractivity contribution in [2.24, 2.45) is 4.99 Å². The van der Waals surface area contributed by atoms with Crippen molar-refractivity contribution in [3.05, 3.63) is 23.9 Å². The van der Waals surface area contributed by atoms with Gasteiger partial charge in [0.25, 0.3) is 0 Å². The zero-order valence-electron chi connectivity index (χ0n) is 9.03. The number of hydrogen-bond acceptors (Lipinski definition) is 3. The Morgan fingerprint density at radius 2 is 2.07 bits per heavy atom. The van der Waals surface area contributed by atoms with E-state index in [1.807, 2.05) is 26.3 Å². The molecule has 0 unspecified atom stereocenters. The van der Waals surface area contributed by atoms with Crippen molar-refractivity contribution in [2.45, 2.75) is 6.92 Å². The summed E-state index contributed by atoms with van der Waals surface area (Å²) >= 11 is 0. The highest BCUT2D eigenvalue weighted by Crippen LogP contribution is 2.03. The lowest BCUT2D eigenvalue weighted by Gasteiger charge is -2.29. The Morgan fingerprint density at radius 1 is 1.36 bits per heavy atom. The number of nitrogens with one attached hydrogen (secondary N) is 1. The van der Waals surface area contributed by atoms with Gasteiger partial charge in [-0.15, -0.1) is 0 Å². The smallest absolute Gasteiger partial charge is 0.0548 e. The minimum Gasteiger partial charge on any atom is -0.368 e. The number of hydrogen-bond donors (Lipinski definition) is 1. The Morgan fingerprint density at radius 3 is 2.64 bits per heavy atom. The maximum absolute atomic E-state index is 4.07. The van der Waals surface area contributed by atoms with E-state index < -0.39 is 0 Å². The van der Waals surface area contributed by atoms with Gasteiger partial charge >= 0.3 is 0 Å². The van der Waals surface area contributed by atoms with Gasteiger partial charge in [-0.3, -0.25) is 4.99 Å². The first-order valence-electron chi connectivity index (χ1n) is 5.09. The summed E-state index contributed by atoms with van der Waals surface area (Å²) in [6.45, 7) is 6.27. The fourth-order valence-electron chi connectivity index (χ4n) is 1.48. The molecule has 0 aromatic rings. The van der Waals surface area contributed by atoms with E-state index in [-0.39, 0.29) is 0 Å². The van der Waals surface area contributed by atoms with Crippen LogP contribution in [0.2, 0.25) is 0 Å². The van der Waals surface area contributed by atoms with Crippen LogP contribution in [0.25, 0.3) is 0 Å². The van der Waals surface area contributed by atoms with Crippen molar-refractivity contribution in [3.63, 3.8) is 0 Å². The van der Waals surface area contributed by atoms with Crippen LogP contribution in [0.5, 0.6) is 0 Å². The third kappa shape index (κ3) is 3.34. The molecule has 0 aliphatic carbocycles. The maximum Gasteiger partial charge on any atom is 0.0548 e. The zero-order chi connectivity index (χ0) is 10.2. The topological polar surface area (TPSA) is 27.6 Å². The lowest BCUT2D eigenvalue weighted by atomic mass is 10.3. The van der Waals surface area contributed by atoms with Crippen LogP contribution in [-0.4, -0.2) is 44.3 Å². The number of allylic oxidation sites excluding steroid dienone is 4. The summed E-state index contributed by atoms with van der Waals surface area (Å²) in [7, 11) is 1.81. The van der Waals surface area contributed by atoms with E-state index >= 15 is 0 Å². The molecule has 3 heteroatoms. The average molecular weight is 193 g/mol. The molecule has 0 radical (unpaired) electrons. The number of nitrogens with zero attached hydrogens (tertiary/aromatic N) is 2. The van der Waals surface area contributed by atoms with Gasteiger partial charge in [0.05, 0.1) is 5.70 Å². The second-order valence-corrected chi connectivity index (χ2v) is 3.24. The van der Waals surface area contributed by atoms with Gasteiger partial charge in [-0.2, -0.15) is 0 Å². The van der Waals surface area contributed by atoms with Crippen molar-refractivity contribution in [2.75, 3.05) is 33.2 Å². The highest BCUT2D eigenvalue weighted by Gasteiger charge is 2.10. The molecule has 1 saturated heterocycles. The third-order valence-electron chi connectivity index (χ3n) is 2.20. The first-order chi connectivity index (χ1) is 6.88. The van der Waals surface area contributed by atoms with Gasteiger partial charge in [-0.05, 0) is 13.0 Å². The summed E-state index contributed by atoms with van der Waals surface area (Å²) in [5, 5.41) is 3.34. The van der Waals surface area contributed by atoms with Gasteiger partial charge in [-0.1, -0.05) is 12.2 Å². The Hall–Kier alpha value is -1.09. The van der Waals surface area contributed by atoms with E-state index in [1.165, 1.54) is 5.70 Å². The molecule has 0 aromatic carbocycles. The molecule has 1 N–H and O–H groups in total. The van der Waals surface area contributed by atoms with Crippen LogP contribution < -0.4 is 5.32 Å². The molecule has 78 valence electrons. The molecule has 0 aromatic heterocycles. The van der Waals surface area contributed by atoms with Crippen LogP contribution in [0.15, 0.2) is 28.9 Å². The van der Waals surface area contributed by atoms with E-state index in [4.69, 9.17) is 0 Å². The Balaban J connectivity index is 2.65. The van der Waals surface area contributed by atoms with Crippen molar-refractivity contribution in [1.82, 2.24) is 10.2 Å². The van der Waals surface area contributed by atoms with E-state index in [1.54, 1.807) is 0 Å². The normalized spacial score (nSPS) is 19.9. The quantitative estimate of drug-likeness (QED) is 0.536. The zero-order valence-corrected chi connectivity index (χ0v) is 9.03. The standard InChI is InChI=1S/C11H19N3/c1-3-4-5-11(10-12-2)14-8-6-13-7-9-14/h3-5,10,13H,6-9H2,1-2H3/b4-3+,11-5+,12-10?. The average Bonchev–Trinajstić information content (AvgIpc) is 2.25. The van der Waals surface area contributed by atoms with Gasteiger partial charge in [0.15, 0.2) is 0 Å². The Labute approximate surface area is 86.2 Å². The van der Waals surface area contributed by atoms with Crippen molar-refractivity contribution in [3.8, 4) is 0 Å². The van der Waals surface area contributed by atoms with Gasteiger partial charge < -0.3 is 10.2 Å². The van der Waals surface area contributed by atoms with Crippen LogP contribution >= 0.6 is 0 Å². The molecular weight excluding hydrogens is 174 g/mol. The molecule has 3 nitrogen and oxygen atoms in total. The summed E-state index contributed by atoms with van der Waals surface area (Å²) < 4.78 is 0. The molecule has 1 heterocycles. The van der Waals surface area contributed by atoms with Crippen LogP contribution in [0.4, 0.5) is 0 Å². The monoisotopic (exact) mass is 193 g/mol. The maximum atomic E-state index is 4.07. The van der Waals surface area contributed by atoms with Gasteiger partial charge in [0, 0.05) is 39.4 Å². The summed E-state index contributed by atoms with van der Waals surface area (Å²) in [6.07, 6.45) is 8.12.